The molecule has 0 aromatic heterocycles. The van der Waals surface area contributed by atoms with E-state index in [1.807, 2.05) is 0 Å². The van der Waals surface area contributed by atoms with E-state index in [4.69, 9.17) is 9.47 Å². The first-order valence-corrected chi connectivity index (χ1v) is 6.73. The number of hydrogen-bond donors (Lipinski definition) is 1. The third kappa shape index (κ3) is 5.08. The SMILES string of the molecule is CCOC(=O)CCC(=O)Nc1ccc(OC)cc1C(=O)OC. The Morgan fingerprint density at radius 1 is 1.14 bits per heavy atom. The Morgan fingerprint density at radius 3 is 2.45 bits per heavy atom. The number of anilines is 1. The van der Waals surface area contributed by atoms with E-state index in [9.17, 15) is 14.4 Å². The van der Waals surface area contributed by atoms with Crippen molar-refractivity contribution in [3.63, 3.8) is 0 Å². The summed E-state index contributed by atoms with van der Waals surface area (Å²) in [5.74, 6) is -0.978. The fraction of sp³-hybridized carbons (Fsp3) is 0.400. The Labute approximate surface area is 128 Å². The maximum absolute atomic E-state index is 11.8. The highest BCUT2D eigenvalue weighted by molar-refractivity contribution is 6.02. The molecule has 7 nitrogen and oxygen atoms in total. The minimum atomic E-state index is -0.598. The fourth-order valence-electron chi connectivity index (χ4n) is 1.70. The average molecular weight is 309 g/mol. The number of esters is 2. The second-order valence-electron chi connectivity index (χ2n) is 4.26. The van der Waals surface area contributed by atoms with Crippen molar-refractivity contribution in [3.05, 3.63) is 23.8 Å². The van der Waals surface area contributed by atoms with Gasteiger partial charge in [-0.2, -0.15) is 0 Å². The van der Waals surface area contributed by atoms with Gasteiger partial charge in [-0.25, -0.2) is 4.79 Å². The first-order chi connectivity index (χ1) is 10.5. The summed E-state index contributed by atoms with van der Waals surface area (Å²) in [7, 11) is 2.71. The van der Waals surface area contributed by atoms with Crippen molar-refractivity contribution >= 4 is 23.5 Å². The van der Waals surface area contributed by atoms with Crippen LogP contribution in [0.5, 0.6) is 5.75 Å². The van der Waals surface area contributed by atoms with E-state index in [-0.39, 0.29) is 25.0 Å². The molecule has 22 heavy (non-hydrogen) atoms. The molecule has 1 rings (SSSR count). The van der Waals surface area contributed by atoms with Crippen LogP contribution in [0.3, 0.4) is 0 Å². The van der Waals surface area contributed by atoms with Gasteiger partial charge in [-0.15, -0.1) is 0 Å². The van der Waals surface area contributed by atoms with Gasteiger partial charge in [0.2, 0.25) is 5.91 Å². The van der Waals surface area contributed by atoms with Gasteiger partial charge in [-0.3, -0.25) is 9.59 Å². The number of carbonyl (C=O) groups excluding carboxylic acids is 3. The second kappa shape index (κ2) is 8.66. The standard InChI is InChI=1S/C15H19NO6/c1-4-22-14(18)8-7-13(17)16-12-6-5-10(20-2)9-11(12)15(19)21-3/h5-6,9H,4,7-8H2,1-3H3,(H,16,17). The van der Waals surface area contributed by atoms with Gasteiger partial charge in [-0.05, 0) is 25.1 Å². The molecule has 1 aromatic rings. The highest BCUT2D eigenvalue weighted by Gasteiger charge is 2.16. The van der Waals surface area contributed by atoms with Crippen LogP contribution >= 0.6 is 0 Å². The van der Waals surface area contributed by atoms with Gasteiger partial charge in [0.1, 0.15) is 5.75 Å². The smallest absolute Gasteiger partial charge is 0.340 e. The fourth-order valence-corrected chi connectivity index (χ4v) is 1.70. The third-order valence-electron chi connectivity index (χ3n) is 2.77. The highest BCUT2D eigenvalue weighted by atomic mass is 16.5. The lowest BCUT2D eigenvalue weighted by Gasteiger charge is -2.11. The number of nitrogens with one attached hydrogen (secondary N) is 1. The zero-order chi connectivity index (χ0) is 16.5. The van der Waals surface area contributed by atoms with Crippen LogP contribution in [0.1, 0.15) is 30.1 Å². The quantitative estimate of drug-likeness (QED) is 0.772. The van der Waals surface area contributed by atoms with Crippen molar-refractivity contribution in [1.82, 2.24) is 0 Å². The molecule has 0 atom stereocenters. The van der Waals surface area contributed by atoms with Crippen molar-refractivity contribution in [2.24, 2.45) is 0 Å². The largest absolute Gasteiger partial charge is 0.497 e. The molecule has 120 valence electrons. The van der Waals surface area contributed by atoms with E-state index in [1.54, 1.807) is 13.0 Å². The highest BCUT2D eigenvalue weighted by Crippen LogP contribution is 2.23. The monoisotopic (exact) mass is 309 g/mol. The van der Waals surface area contributed by atoms with E-state index in [0.717, 1.165) is 0 Å². The zero-order valence-corrected chi connectivity index (χ0v) is 12.8. The van der Waals surface area contributed by atoms with Gasteiger partial charge in [0.25, 0.3) is 0 Å². The van der Waals surface area contributed by atoms with Crippen molar-refractivity contribution in [2.45, 2.75) is 19.8 Å². The zero-order valence-electron chi connectivity index (χ0n) is 12.8. The number of rotatable bonds is 7. The molecule has 1 N–H and O–H groups in total. The lowest BCUT2D eigenvalue weighted by Crippen LogP contribution is -2.17. The molecule has 0 aliphatic carbocycles. The topological polar surface area (TPSA) is 90.9 Å². The van der Waals surface area contributed by atoms with Crippen molar-refractivity contribution in [1.29, 1.82) is 0 Å². The van der Waals surface area contributed by atoms with Gasteiger partial charge in [0, 0.05) is 6.42 Å². The summed E-state index contributed by atoms with van der Waals surface area (Å²) in [5.41, 5.74) is 0.466. The van der Waals surface area contributed by atoms with Crippen LogP contribution in [-0.2, 0) is 19.1 Å². The summed E-state index contributed by atoms with van der Waals surface area (Å²) in [4.78, 5) is 34.8. The molecule has 1 amide bonds. The van der Waals surface area contributed by atoms with Crippen LogP contribution in [0.15, 0.2) is 18.2 Å². The minimum Gasteiger partial charge on any atom is -0.497 e. The maximum Gasteiger partial charge on any atom is 0.340 e. The maximum atomic E-state index is 11.8. The van der Waals surface area contributed by atoms with Crippen LogP contribution in [0, 0.1) is 0 Å². The van der Waals surface area contributed by atoms with Crippen molar-refractivity contribution in [3.8, 4) is 5.75 Å². The predicted octanol–water partition coefficient (Wildman–Crippen LogP) is 1.76. The molecule has 0 saturated heterocycles. The molecule has 0 fully saturated rings. The number of amides is 1. The van der Waals surface area contributed by atoms with Crippen LogP contribution in [-0.4, -0.2) is 38.7 Å². The van der Waals surface area contributed by atoms with Crippen LogP contribution < -0.4 is 10.1 Å². The van der Waals surface area contributed by atoms with Gasteiger partial charge in [0.05, 0.1) is 38.5 Å². The lowest BCUT2D eigenvalue weighted by atomic mass is 10.1. The Kier molecular flexibility index (Phi) is 6.88. The van der Waals surface area contributed by atoms with Crippen LogP contribution in [0.25, 0.3) is 0 Å². The molecule has 7 heteroatoms. The van der Waals surface area contributed by atoms with Gasteiger partial charge in [0.15, 0.2) is 0 Å². The lowest BCUT2D eigenvalue weighted by molar-refractivity contribution is -0.144. The molecule has 0 spiro atoms. The summed E-state index contributed by atoms with van der Waals surface area (Å²) in [6.45, 7) is 1.96. The van der Waals surface area contributed by atoms with E-state index in [0.29, 0.717) is 11.4 Å². The minimum absolute atomic E-state index is 0.0244. The first kappa shape index (κ1) is 17.5. The normalized spacial score (nSPS) is 9.77. The summed E-state index contributed by atoms with van der Waals surface area (Å²) in [6, 6.07) is 4.60. The predicted molar refractivity (Wildman–Crippen MR) is 78.8 cm³/mol. The molecule has 0 unspecified atom stereocenters. The van der Waals surface area contributed by atoms with E-state index in [2.05, 4.69) is 10.1 Å². The molecule has 0 aliphatic rings. The van der Waals surface area contributed by atoms with E-state index < -0.39 is 17.8 Å². The van der Waals surface area contributed by atoms with E-state index in [1.165, 1.54) is 26.4 Å². The van der Waals surface area contributed by atoms with Crippen LogP contribution in [0.4, 0.5) is 5.69 Å². The van der Waals surface area contributed by atoms with Crippen molar-refractivity contribution < 1.29 is 28.6 Å². The molecule has 0 radical (unpaired) electrons. The number of ether oxygens (including phenoxy) is 3. The molecule has 1 aromatic carbocycles. The molecule has 0 aliphatic heterocycles. The Balaban J connectivity index is 2.77. The van der Waals surface area contributed by atoms with Gasteiger partial charge >= 0.3 is 11.9 Å². The van der Waals surface area contributed by atoms with Gasteiger partial charge in [-0.1, -0.05) is 0 Å². The molecular formula is C15H19NO6. The number of hydrogen-bond acceptors (Lipinski definition) is 6. The number of benzene rings is 1. The summed E-state index contributed by atoms with van der Waals surface area (Å²) >= 11 is 0. The summed E-state index contributed by atoms with van der Waals surface area (Å²) in [6.07, 6.45) is -0.0607. The molecular weight excluding hydrogens is 290 g/mol. The van der Waals surface area contributed by atoms with E-state index >= 15 is 0 Å². The Hall–Kier alpha value is -2.57. The second-order valence-corrected chi connectivity index (χ2v) is 4.26. The summed E-state index contributed by atoms with van der Waals surface area (Å²) < 4.78 is 14.4. The van der Waals surface area contributed by atoms with Gasteiger partial charge < -0.3 is 19.5 Å². The molecule has 0 heterocycles. The molecule has 0 bridgehead atoms. The number of carbonyl (C=O) groups is 3. The third-order valence-corrected chi connectivity index (χ3v) is 2.77. The number of methoxy groups -OCH3 is 2. The first-order valence-electron chi connectivity index (χ1n) is 6.73. The average Bonchev–Trinajstić information content (AvgIpc) is 2.52. The van der Waals surface area contributed by atoms with Crippen molar-refractivity contribution in [2.75, 3.05) is 26.1 Å². The Bertz CT molecular complexity index is 555. The Morgan fingerprint density at radius 2 is 1.86 bits per heavy atom. The van der Waals surface area contributed by atoms with Crippen LogP contribution in [0.2, 0.25) is 0 Å². The summed E-state index contributed by atoms with van der Waals surface area (Å²) in [5, 5.41) is 2.57. The molecule has 0 saturated carbocycles.